The van der Waals surface area contributed by atoms with Crippen molar-refractivity contribution < 1.29 is 0 Å². The molecule has 0 bridgehead atoms. The van der Waals surface area contributed by atoms with E-state index in [9.17, 15) is 0 Å². The fourth-order valence-corrected chi connectivity index (χ4v) is 2.51. The molecule has 1 aliphatic rings. The Morgan fingerprint density at radius 3 is 2.50 bits per heavy atom. The molecule has 0 saturated carbocycles. The lowest BCUT2D eigenvalue weighted by Crippen LogP contribution is -2.40. The molecule has 1 saturated heterocycles. The topological polar surface area (TPSA) is 15.3 Å². The molecule has 1 atom stereocenters. The molecule has 0 aromatic heterocycles. The smallest absolute Gasteiger partial charge is 0.0107 e. The predicted molar refractivity (Wildman–Crippen MR) is 71.8 cm³/mol. The number of nitrogens with zero attached hydrogens (tertiary/aromatic N) is 1. The Hall–Kier alpha value is -0.0800. The number of piperidine rings is 1. The summed E-state index contributed by atoms with van der Waals surface area (Å²) in [6.07, 6.45) is 6.68. The molecule has 0 aliphatic carbocycles. The summed E-state index contributed by atoms with van der Waals surface area (Å²) in [7, 11) is 0. The monoisotopic (exact) mass is 226 g/mol. The predicted octanol–water partition coefficient (Wildman–Crippen LogP) is 2.89. The van der Waals surface area contributed by atoms with Crippen molar-refractivity contribution in [1.82, 2.24) is 10.2 Å². The van der Waals surface area contributed by atoms with Gasteiger partial charge in [0.05, 0.1) is 0 Å². The largest absolute Gasteiger partial charge is 0.313 e. The van der Waals surface area contributed by atoms with Crippen LogP contribution in [0.3, 0.4) is 0 Å². The highest BCUT2D eigenvalue weighted by molar-refractivity contribution is 4.71. The van der Waals surface area contributed by atoms with Crippen LogP contribution >= 0.6 is 0 Å². The third-order valence-electron chi connectivity index (χ3n) is 3.87. The molecule has 0 amide bonds. The van der Waals surface area contributed by atoms with E-state index in [4.69, 9.17) is 0 Å². The van der Waals surface area contributed by atoms with Gasteiger partial charge in [0.1, 0.15) is 0 Å². The van der Waals surface area contributed by atoms with Crippen molar-refractivity contribution in [3.63, 3.8) is 0 Å². The SMILES string of the molecule is CCCC(CC)NCCN1CCC(C)CC1. The van der Waals surface area contributed by atoms with Gasteiger partial charge in [0.15, 0.2) is 0 Å². The van der Waals surface area contributed by atoms with Crippen molar-refractivity contribution in [3.8, 4) is 0 Å². The van der Waals surface area contributed by atoms with E-state index in [1.165, 1.54) is 58.3 Å². The first kappa shape index (κ1) is 14.0. The maximum atomic E-state index is 3.69. The van der Waals surface area contributed by atoms with Crippen LogP contribution in [-0.2, 0) is 0 Å². The van der Waals surface area contributed by atoms with Gasteiger partial charge in [-0.25, -0.2) is 0 Å². The number of likely N-dealkylation sites (tertiary alicyclic amines) is 1. The molecule has 16 heavy (non-hydrogen) atoms. The Kier molecular flexibility index (Phi) is 7.06. The second-order valence-corrected chi connectivity index (χ2v) is 5.37. The number of rotatable bonds is 7. The minimum Gasteiger partial charge on any atom is -0.313 e. The molecule has 2 heteroatoms. The van der Waals surface area contributed by atoms with Crippen molar-refractivity contribution in [2.24, 2.45) is 5.92 Å². The summed E-state index contributed by atoms with van der Waals surface area (Å²) < 4.78 is 0. The maximum absolute atomic E-state index is 3.69. The van der Waals surface area contributed by atoms with E-state index >= 15 is 0 Å². The summed E-state index contributed by atoms with van der Waals surface area (Å²) in [6, 6.07) is 0.744. The van der Waals surface area contributed by atoms with Crippen LogP contribution < -0.4 is 5.32 Å². The molecular weight excluding hydrogens is 196 g/mol. The van der Waals surface area contributed by atoms with E-state index in [2.05, 4.69) is 31.0 Å². The van der Waals surface area contributed by atoms with Gasteiger partial charge in [-0.05, 0) is 44.7 Å². The van der Waals surface area contributed by atoms with Crippen molar-refractivity contribution in [3.05, 3.63) is 0 Å². The van der Waals surface area contributed by atoms with Gasteiger partial charge in [-0.15, -0.1) is 0 Å². The van der Waals surface area contributed by atoms with Crippen LogP contribution in [0.4, 0.5) is 0 Å². The average molecular weight is 226 g/mol. The molecule has 1 heterocycles. The van der Waals surface area contributed by atoms with Crippen LogP contribution in [0.5, 0.6) is 0 Å². The summed E-state index contributed by atoms with van der Waals surface area (Å²) in [5.74, 6) is 0.952. The van der Waals surface area contributed by atoms with E-state index in [1.54, 1.807) is 0 Å². The Balaban J connectivity index is 2.05. The standard InChI is InChI=1S/C14H30N2/c1-4-6-14(5-2)15-9-12-16-10-7-13(3)8-11-16/h13-15H,4-12H2,1-3H3. The molecule has 1 fully saturated rings. The van der Waals surface area contributed by atoms with Crippen molar-refractivity contribution in [1.29, 1.82) is 0 Å². The van der Waals surface area contributed by atoms with Gasteiger partial charge in [0.2, 0.25) is 0 Å². The van der Waals surface area contributed by atoms with E-state index in [0.29, 0.717) is 0 Å². The molecule has 0 aromatic carbocycles. The summed E-state index contributed by atoms with van der Waals surface area (Å²) >= 11 is 0. The molecular formula is C14H30N2. The highest BCUT2D eigenvalue weighted by Crippen LogP contribution is 2.15. The summed E-state index contributed by atoms with van der Waals surface area (Å²) in [6.45, 7) is 12.0. The summed E-state index contributed by atoms with van der Waals surface area (Å²) in [4.78, 5) is 2.62. The molecule has 0 spiro atoms. The second kappa shape index (κ2) is 8.08. The second-order valence-electron chi connectivity index (χ2n) is 5.37. The highest BCUT2D eigenvalue weighted by Gasteiger charge is 2.15. The van der Waals surface area contributed by atoms with Crippen LogP contribution in [0, 0.1) is 5.92 Å². The van der Waals surface area contributed by atoms with E-state index in [1.807, 2.05) is 0 Å². The van der Waals surface area contributed by atoms with Crippen LogP contribution in [0.1, 0.15) is 52.9 Å². The summed E-state index contributed by atoms with van der Waals surface area (Å²) in [5.41, 5.74) is 0. The summed E-state index contributed by atoms with van der Waals surface area (Å²) in [5, 5.41) is 3.69. The van der Waals surface area contributed by atoms with Gasteiger partial charge < -0.3 is 10.2 Å². The molecule has 1 N–H and O–H groups in total. The Bertz CT molecular complexity index is 162. The van der Waals surface area contributed by atoms with Gasteiger partial charge in [-0.3, -0.25) is 0 Å². The first-order chi connectivity index (χ1) is 7.76. The van der Waals surface area contributed by atoms with Gasteiger partial charge >= 0.3 is 0 Å². The van der Waals surface area contributed by atoms with E-state index in [-0.39, 0.29) is 0 Å². The molecule has 0 aromatic rings. The average Bonchev–Trinajstić information content (AvgIpc) is 2.30. The van der Waals surface area contributed by atoms with E-state index in [0.717, 1.165) is 12.0 Å². The fraction of sp³-hybridized carbons (Fsp3) is 1.00. The molecule has 96 valence electrons. The van der Waals surface area contributed by atoms with Gasteiger partial charge in [0.25, 0.3) is 0 Å². The number of hydrogen-bond donors (Lipinski definition) is 1. The normalized spacial score (nSPS) is 21.2. The Morgan fingerprint density at radius 2 is 1.94 bits per heavy atom. The number of hydrogen-bond acceptors (Lipinski definition) is 2. The Morgan fingerprint density at radius 1 is 1.25 bits per heavy atom. The zero-order valence-corrected chi connectivity index (χ0v) is 11.5. The van der Waals surface area contributed by atoms with Gasteiger partial charge in [-0.2, -0.15) is 0 Å². The molecule has 1 aliphatic heterocycles. The van der Waals surface area contributed by atoms with E-state index < -0.39 is 0 Å². The maximum Gasteiger partial charge on any atom is 0.0107 e. The molecule has 1 unspecified atom stereocenters. The van der Waals surface area contributed by atoms with Crippen molar-refractivity contribution in [2.45, 2.75) is 58.9 Å². The van der Waals surface area contributed by atoms with Crippen molar-refractivity contribution in [2.75, 3.05) is 26.2 Å². The quantitative estimate of drug-likeness (QED) is 0.718. The fourth-order valence-electron chi connectivity index (χ4n) is 2.51. The first-order valence-corrected chi connectivity index (χ1v) is 7.22. The van der Waals surface area contributed by atoms with Crippen LogP contribution in [0.2, 0.25) is 0 Å². The minimum absolute atomic E-state index is 0.744. The lowest BCUT2D eigenvalue weighted by Gasteiger charge is -2.30. The van der Waals surface area contributed by atoms with Gasteiger partial charge in [-0.1, -0.05) is 27.2 Å². The van der Waals surface area contributed by atoms with Crippen molar-refractivity contribution >= 4 is 0 Å². The van der Waals surface area contributed by atoms with Gasteiger partial charge in [0, 0.05) is 19.1 Å². The molecule has 2 nitrogen and oxygen atoms in total. The Labute approximate surface area is 102 Å². The van der Waals surface area contributed by atoms with Crippen LogP contribution in [0.15, 0.2) is 0 Å². The lowest BCUT2D eigenvalue weighted by atomic mass is 9.99. The zero-order chi connectivity index (χ0) is 11.8. The molecule has 0 radical (unpaired) electrons. The van der Waals surface area contributed by atoms with Crippen LogP contribution in [0.25, 0.3) is 0 Å². The number of nitrogens with one attached hydrogen (secondary N) is 1. The van der Waals surface area contributed by atoms with Crippen LogP contribution in [-0.4, -0.2) is 37.1 Å². The first-order valence-electron chi connectivity index (χ1n) is 7.22. The highest BCUT2D eigenvalue weighted by atomic mass is 15.1. The zero-order valence-electron chi connectivity index (χ0n) is 11.5. The third kappa shape index (κ3) is 5.31. The lowest BCUT2D eigenvalue weighted by molar-refractivity contribution is 0.190. The minimum atomic E-state index is 0.744. The molecule has 1 rings (SSSR count). The third-order valence-corrected chi connectivity index (χ3v) is 3.87.